The van der Waals surface area contributed by atoms with Gasteiger partial charge >= 0.3 is 0 Å². The molecule has 4 N–H and O–H groups in total. The molecule has 1 spiro atoms. The molecule has 164 valence electrons. The van der Waals surface area contributed by atoms with Crippen molar-refractivity contribution in [2.45, 2.75) is 31.0 Å². The number of anilines is 2. The number of benzene rings is 2. The molecule has 0 aromatic heterocycles. The third-order valence-corrected chi connectivity index (χ3v) is 6.34. The molecule has 0 radical (unpaired) electrons. The van der Waals surface area contributed by atoms with Crippen LogP contribution in [0, 0.1) is 5.92 Å². The van der Waals surface area contributed by atoms with Gasteiger partial charge in [-0.05, 0) is 31.5 Å². The van der Waals surface area contributed by atoms with E-state index < -0.39 is 23.6 Å². The molecule has 0 aliphatic carbocycles. The molecule has 31 heavy (non-hydrogen) atoms. The Kier molecular flexibility index (Phi) is 5.55. The van der Waals surface area contributed by atoms with Crippen LogP contribution in [0.5, 0.6) is 11.5 Å². The molecule has 0 saturated carbocycles. The Balaban J connectivity index is 1.76. The van der Waals surface area contributed by atoms with Gasteiger partial charge in [0, 0.05) is 17.7 Å². The Bertz CT molecular complexity index is 1040. The lowest BCUT2D eigenvalue weighted by molar-refractivity contribution is -0.130. The number of amides is 2. The van der Waals surface area contributed by atoms with Gasteiger partial charge in [-0.3, -0.25) is 14.9 Å². The van der Waals surface area contributed by atoms with E-state index in [0.29, 0.717) is 33.5 Å². The topological polar surface area (TPSA) is 109 Å². The standard InChI is InChI=1S/C22H24ClN3O5/c1-11(27)16-10-14(20(28)24-17-9-12(30-2)7-8-18(17)31-3)22(26-16)13-5-4-6-15(23)19(13)25-21(22)29/h4-9,11,14,16,26-27H,10H2,1-3H3,(H,24,28)(H,25,29)/t11-,14-,16-,22+/m1/s1. The van der Waals surface area contributed by atoms with E-state index in [1.54, 1.807) is 43.3 Å². The molecule has 4 rings (SSSR count). The Labute approximate surface area is 184 Å². The summed E-state index contributed by atoms with van der Waals surface area (Å²) < 4.78 is 10.6. The largest absolute Gasteiger partial charge is 0.497 e. The number of ether oxygens (including phenoxy) is 2. The van der Waals surface area contributed by atoms with Crippen molar-refractivity contribution in [1.29, 1.82) is 0 Å². The summed E-state index contributed by atoms with van der Waals surface area (Å²) in [5.41, 5.74) is 0.140. The molecule has 4 atom stereocenters. The Hall–Kier alpha value is -2.81. The summed E-state index contributed by atoms with van der Waals surface area (Å²) in [7, 11) is 3.03. The molecule has 2 aliphatic heterocycles. The number of nitrogens with one attached hydrogen (secondary N) is 3. The number of para-hydroxylation sites is 1. The van der Waals surface area contributed by atoms with Crippen LogP contribution in [0.4, 0.5) is 11.4 Å². The van der Waals surface area contributed by atoms with Crippen molar-refractivity contribution in [3.8, 4) is 11.5 Å². The highest BCUT2D eigenvalue weighted by atomic mass is 35.5. The minimum atomic E-state index is -1.35. The number of rotatable bonds is 5. The number of hydrogen-bond donors (Lipinski definition) is 4. The molecule has 8 nitrogen and oxygen atoms in total. The first-order valence-corrected chi connectivity index (χ1v) is 10.3. The quantitative estimate of drug-likeness (QED) is 0.563. The lowest BCUT2D eigenvalue weighted by Crippen LogP contribution is -2.53. The van der Waals surface area contributed by atoms with E-state index in [9.17, 15) is 14.7 Å². The lowest BCUT2D eigenvalue weighted by atomic mass is 9.79. The van der Waals surface area contributed by atoms with Gasteiger partial charge in [0.2, 0.25) is 11.8 Å². The van der Waals surface area contributed by atoms with Crippen molar-refractivity contribution in [1.82, 2.24) is 5.32 Å². The van der Waals surface area contributed by atoms with Gasteiger partial charge in [-0.2, -0.15) is 0 Å². The fourth-order valence-electron chi connectivity index (χ4n) is 4.44. The van der Waals surface area contributed by atoms with E-state index in [-0.39, 0.29) is 18.2 Å². The fraction of sp³-hybridized carbons (Fsp3) is 0.364. The smallest absolute Gasteiger partial charge is 0.250 e. The molecule has 0 bridgehead atoms. The summed E-state index contributed by atoms with van der Waals surface area (Å²) in [5.74, 6) is -0.557. The summed E-state index contributed by atoms with van der Waals surface area (Å²) in [4.78, 5) is 26.7. The van der Waals surface area contributed by atoms with Gasteiger partial charge in [0.1, 0.15) is 17.0 Å². The third kappa shape index (κ3) is 3.40. The first-order valence-electron chi connectivity index (χ1n) is 9.91. The number of aliphatic hydroxyl groups is 1. The zero-order valence-electron chi connectivity index (χ0n) is 17.4. The van der Waals surface area contributed by atoms with Crippen molar-refractivity contribution in [2.24, 2.45) is 5.92 Å². The summed E-state index contributed by atoms with van der Waals surface area (Å²) in [6.07, 6.45) is -0.508. The maximum absolute atomic E-state index is 13.5. The van der Waals surface area contributed by atoms with Crippen LogP contribution in [-0.2, 0) is 15.1 Å². The summed E-state index contributed by atoms with van der Waals surface area (Å²) in [6, 6.07) is 9.78. The highest BCUT2D eigenvalue weighted by Crippen LogP contribution is 2.49. The average Bonchev–Trinajstić information content (AvgIpc) is 3.29. The second kappa shape index (κ2) is 8.03. The Morgan fingerprint density at radius 3 is 2.74 bits per heavy atom. The van der Waals surface area contributed by atoms with Crippen molar-refractivity contribution < 1.29 is 24.2 Å². The highest BCUT2D eigenvalue weighted by Gasteiger charge is 2.61. The van der Waals surface area contributed by atoms with E-state index >= 15 is 0 Å². The van der Waals surface area contributed by atoms with Crippen LogP contribution in [0.15, 0.2) is 36.4 Å². The Morgan fingerprint density at radius 2 is 2.06 bits per heavy atom. The van der Waals surface area contributed by atoms with Crippen LogP contribution >= 0.6 is 11.6 Å². The van der Waals surface area contributed by atoms with Gasteiger partial charge in [0.25, 0.3) is 0 Å². The maximum Gasteiger partial charge on any atom is 0.250 e. The molecule has 0 unspecified atom stereocenters. The van der Waals surface area contributed by atoms with E-state index in [2.05, 4.69) is 16.0 Å². The molecule has 2 aromatic rings. The van der Waals surface area contributed by atoms with Gasteiger partial charge in [-0.15, -0.1) is 0 Å². The molecule has 9 heteroatoms. The number of hydrogen-bond acceptors (Lipinski definition) is 6. The fourth-order valence-corrected chi connectivity index (χ4v) is 4.66. The predicted molar refractivity (Wildman–Crippen MR) is 117 cm³/mol. The van der Waals surface area contributed by atoms with Gasteiger partial charge in [-0.25, -0.2) is 0 Å². The van der Waals surface area contributed by atoms with E-state index in [1.165, 1.54) is 14.2 Å². The zero-order valence-corrected chi connectivity index (χ0v) is 18.1. The van der Waals surface area contributed by atoms with Crippen LogP contribution in [-0.4, -0.2) is 43.3 Å². The minimum Gasteiger partial charge on any atom is -0.497 e. The van der Waals surface area contributed by atoms with Crippen LogP contribution in [0.3, 0.4) is 0 Å². The van der Waals surface area contributed by atoms with Gasteiger partial charge in [-0.1, -0.05) is 23.7 Å². The second-order valence-corrected chi connectivity index (χ2v) is 8.17. The maximum atomic E-state index is 13.5. The molecule has 2 amide bonds. The van der Waals surface area contributed by atoms with E-state index in [0.717, 1.165) is 0 Å². The molecule has 2 heterocycles. The van der Waals surface area contributed by atoms with Crippen molar-refractivity contribution in [2.75, 3.05) is 24.9 Å². The number of halogens is 1. The van der Waals surface area contributed by atoms with Crippen molar-refractivity contribution in [3.05, 3.63) is 47.0 Å². The predicted octanol–water partition coefficient (Wildman–Crippen LogP) is 2.50. The number of methoxy groups -OCH3 is 2. The van der Waals surface area contributed by atoms with E-state index in [1.807, 2.05) is 0 Å². The van der Waals surface area contributed by atoms with Crippen LogP contribution in [0.2, 0.25) is 5.02 Å². The zero-order chi connectivity index (χ0) is 22.3. The normalized spacial score (nSPS) is 25.1. The third-order valence-electron chi connectivity index (χ3n) is 6.02. The number of carbonyl (C=O) groups is 2. The first-order chi connectivity index (χ1) is 14.8. The lowest BCUT2D eigenvalue weighted by Gasteiger charge is -2.29. The number of carbonyl (C=O) groups excluding carboxylic acids is 2. The average molecular weight is 446 g/mol. The van der Waals surface area contributed by atoms with Gasteiger partial charge in [0.05, 0.1) is 42.6 Å². The number of fused-ring (bicyclic) bond motifs is 2. The van der Waals surface area contributed by atoms with Gasteiger partial charge in [0.15, 0.2) is 0 Å². The molecular weight excluding hydrogens is 422 g/mol. The van der Waals surface area contributed by atoms with E-state index in [4.69, 9.17) is 21.1 Å². The summed E-state index contributed by atoms with van der Waals surface area (Å²) in [6.45, 7) is 1.63. The highest BCUT2D eigenvalue weighted by molar-refractivity contribution is 6.35. The van der Waals surface area contributed by atoms with Crippen molar-refractivity contribution in [3.63, 3.8) is 0 Å². The molecule has 1 fully saturated rings. The van der Waals surface area contributed by atoms with Gasteiger partial charge < -0.3 is 25.2 Å². The SMILES string of the molecule is COc1ccc(OC)c(NC(=O)[C@H]2C[C@H]([C@@H](C)O)N[C@]23C(=O)Nc2c(Cl)cccc23)c1. The minimum absolute atomic E-state index is 0.259. The molecule has 2 aliphatic rings. The second-order valence-electron chi connectivity index (χ2n) is 7.76. The van der Waals surface area contributed by atoms with Crippen LogP contribution in [0.25, 0.3) is 0 Å². The first kappa shape index (κ1) is 21.4. The molecular formula is C22H24ClN3O5. The Morgan fingerprint density at radius 1 is 1.29 bits per heavy atom. The molecule has 2 aromatic carbocycles. The molecule has 1 saturated heterocycles. The number of aliphatic hydroxyl groups excluding tert-OH is 1. The van der Waals surface area contributed by atoms with Crippen molar-refractivity contribution >= 4 is 34.8 Å². The monoisotopic (exact) mass is 445 g/mol. The summed E-state index contributed by atoms with van der Waals surface area (Å²) in [5, 5.41) is 19.5. The van der Waals surface area contributed by atoms with Crippen LogP contribution in [0.1, 0.15) is 18.9 Å². The van der Waals surface area contributed by atoms with Crippen LogP contribution < -0.4 is 25.4 Å². The summed E-state index contributed by atoms with van der Waals surface area (Å²) >= 11 is 6.30.